The molecule has 0 spiro atoms. The lowest BCUT2D eigenvalue weighted by atomic mass is 10.0. The number of aryl methyl sites for hydroxylation is 1. The summed E-state index contributed by atoms with van der Waals surface area (Å²) in [6.07, 6.45) is 7.98. The molecule has 104 valence electrons. The fraction of sp³-hybridized carbons (Fsp3) is 0.500. The van der Waals surface area contributed by atoms with Crippen LogP contribution in [0, 0.1) is 17.2 Å². The minimum Gasteiger partial charge on any atom is -0.369 e. The third kappa shape index (κ3) is 2.36. The fourth-order valence-electron chi connectivity index (χ4n) is 3.33. The number of nitrogens with two attached hydrogens (primary N) is 1. The topological polar surface area (TPSA) is 67.6 Å². The molecular formula is C16H20N4. The molecule has 1 aromatic heterocycles. The Morgan fingerprint density at radius 2 is 2.15 bits per heavy atom. The number of rotatable bonds is 4. The third-order valence-corrected chi connectivity index (χ3v) is 4.40. The number of hydrogen-bond donors (Lipinski definition) is 1. The van der Waals surface area contributed by atoms with Gasteiger partial charge in [-0.1, -0.05) is 31.7 Å². The Hall–Kier alpha value is -2.02. The highest BCUT2D eigenvalue weighted by Gasteiger charge is 2.15. The van der Waals surface area contributed by atoms with E-state index in [1.807, 2.05) is 16.7 Å². The van der Waals surface area contributed by atoms with Crippen LogP contribution in [0.1, 0.15) is 44.1 Å². The van der Waals surface area contributed by atoms with E-state index in [-0.39, 0.29) is 0 Å². The zero-order valence-electron chi connectivity index (χ0n) is 11.7. The van der Waals surface area contributed by atoms with Crippen LogP contribution in [-0.4, -0.2) is 9.55 Å². The SMILES string of the molecule is N#Cc1cccc2c1nc(N)n2CCCC1CCCC1. The Bertz CT molecular complexity index is 644. The van der Waals surface area contributed by atoms with Gasteiger partial charge < -0.3 is 10.3 Å². The van der Waals surface area contributed by atoms with Crippen LogP contribution in [0.25, 0.3) is 11.0 Å². The Kier molecular flexibility index (Phi) is 3.60. The predicted molar refractivity (Wildman–Crippen MR) is 80.1 cm³/mol. The summed E-state index contributed by atoms with van der Waals surface area (Å²) in [5.41, 5.74) is 8.32. The third-order valence-electron chi connectivity index (χ3n) is 4.40. The van der Waals surface area contributed by atoms with Gasteiger partial charge in [-0.25, -0.2) is 4.98 Å². The number of para-hydroxylation sites is 1. The van der Waals surface area contributed by atoms with Gasteiger partial charge in [-0.05, 0) is 30.9 Å². The van der Waals surface area contributed by atoms with Crippen molar-refractivity contribution in [1.82, 2.24) is 9.55 Å². The van der Waals surface area contributed by atoms with E-state index >= 15 is 0 Å². The second-order valence-corrected chi connectivity index (χ2v) is 5.70. The van der Waals surface area contributed by atoms with Crippen LogP contribution in [0.5, 0.6) is 0 Å². The minimum absolute atomic E-state index is 0.522. The number of nitrogen functional groups attached to an aromatic ring is 1. The molecule has 0 unspecified atom stereocenters. The van der Waals surface area contributed by atoms with E-state index < -0.39 is 0 Å². The summed E-state index contributed by atoms with van der Waals surface area (Å²) in [4.78, 5) is 4.35. The Morgan fingerprint density at radius 1 is 1.35 bits per heavy atom. The summed E-state index contributed by atoms with van der Waals surface area (Å²) in [7, 11) is 0. The van der Waals surface area contributed by atoms with Gasteiger partial charge in [0.2, 0.25) is 5.95 Å². The molecule has 2 N–H and O–H groups in total. The Balaban J connectivity index is 1.77. The van der Waals surface area contributed by atoms with E-state index in [1.54, 1.807) is 6.07 Å². The molecule has 1 aliphatic carbocycles. The lowest BCUT2D eigenvalue weighted by molar-refractivity contribution is 0.462. The van der Waals surface area contributed by atoms with Crippen molar-refractivity contribution >= 4 is 17.0 Å². The molecule has 1 aliphatic rings. The molecule has 2 aromatic rings. The number of imidazole rings is 1. The van der Waals surface area contributed by atoms with Gasteiger partial charge in [0.15, 0.2) is 0 Å². The van der Waals surface area contributed by atoms with Gasteiger partial charge in [0.05, 0.1) is 11.1 Å². The number of nitrogens with zero attached hydrogens (tertiary/aromatic N) is 3. The molecule has 1 heterocycles. The molecule has 1 aromatic carbocycles. The van der Waals surface area contributed by atoms with Gasteiger partial charge in [-0.2, -0.15) is 5.26 Å². The molecular weight excluding hydrogens is 248 g/mol. The highest BCUT2D eigenvalue weighted by Crippen LogP contribution is 2.29. The summed E-state index contributed by atoms with van der Waals surface area (Å²) in [6.45, 7) is 0.897. The number of hydrogen-bond acceptors (Lipinski definition) is 3. The van der Waals surface area contributed by atoms with Gasteiger partial charge in [0.1, 0.15) is 11.6 Å². The number of nitriles is 1. The molecule has 4 heteroatoms. The van der Waals surface area contributed by atoms with Crippen LogP contribution < -0.4 is 5.73 Å². The maximum atomic E-state index is 9.12. The minimum atomic E-state index is 0.522. The van der Waals surface area contributed by atoms with Crippen LogP contribution in [0.3, 0.4) is 0 Å². The number of aromatic nitrogens is 2. The number of fused-ring (bicyclic) bond motifs is 1. The van der Waals surface area contributed by atoms with E-state index in [9.17, 15) is 0 Å². The van der Waals surface area contributed by atoms with Gasteiger partial charge in [-0.3, -0.25) is 0 Å². The first-order valence-electron chi connectivity index (χ1n) is 7.44. The molecule has 0 bridgehead atoms. The van der Waals surface area contributed by atoms with Gasteiger partial charge in [-0.15, -0.1) is 0 Å². The standard InChI is InChI=1S/C16H20N4/c17-11-13-8-3-9-14-15(13)19-16(18)20(14)10-4-7-12-5-1-2-6-12/h3,8-9,12H,1-2,4-7,10H2,(H2,18,19). The van der Waals surface area contributed by atoms with E-state index in [4.69, 9.17) is 11.0 Å². The van der Waals surface area contributed by atoms with Crippen LogP contribution >= 0.6 is 0 Å². The normalized spacial score (nSPS) is 15.8. The fourth-order valence-corrected chi connectivity index (χ4v) is 3.33. The Morgan fingerprint density at radius 3 is 2.90 bits per heavy atom. The van der Waals surface area contributed by atoms with Crippen LogP contribution in [-0.2, 0) is 6.54 Å². The van der Waals surface area contributed by atoms with Gasteiger partial charge >= 0.3 is 0 Å². The van der Waals surface area contributed by atoms with E-state index in [1.165, 1.54) is 32.1 Å². The molecule has 1 saturated carbocycles. The van der Waals surface area contributed by atoms with Crippen LogP contribution in [0.4, 0.5) is 5.95 Å². The molecule has 0 amide bonds. The van der Waals surface area contributed by atoms with Crippen molar-refractivity contribution in [3.05, 3.63) is 23.8 Å². The van der Waals surface area contributed by atoms with Crippen molar-refractivity contribution < 1.29 is 0 Å². The quantitative estimate of drug-likeness (QED) is 0.923. The summed E-state index contributed by atoms with van der Waals surface area (Å²) in [5.74, 6) is 1.43. The summed E-state index contributed by atoms with van der Waals surface area (Å²) < 4.78 is 2.05. The molecule has 4 nitrogen and oxygen atoms in total. The smallest absolute Gasteiger partial charge is 0.201 e. The maximum Gasteiger partial charge on any atom is 0.201 e. The van der Waals surface area contributed by atoms with Crippen molar-refractivity contribution in [1.29, 1.82) is 5.26 Å². The second kappa shape index (κ2) is 5.54. The second-order valence-electron chi connectivity index (χ2n) is 5.70. The molecule has 0 aliphatic heterocycles. The van der Waals surface area contributed by atoms with Crippen molar-refractivity contribution in [3.8, 4) is 6.07 Å². The van der Waals surface area contributed by atoms with E-state index in [2.05, 4.69) is 11.1 Å². The average Bonchev–Trinajstić information content (AvgIpc) is 3.07. The van der Waals surface area contributed by atoms with Gasteiger partial charge in [0.25, 0.3) is 0 Å². The maximum absolute atomic E-state index is 9.12. The highest BCUT2D eigenvalue weighted by molar-refractivity contribution is 5.83. The zero-order valence-corrected chi connectivity index (χ0v) is 11.7. The monoisotopic (exact) mass is 268 g/mol. The van der Waals surface area contributed by atoms with Crippen LogP contribution in [0.2, 0.25) is 0 Å². The summed E-state index contributed by atoms with van der Waals surface area (Å²) >= 11 is 0. The first-order valence-corrected chi connectivity index (χ1v) is 7.44. The Labute approximate surface area is 119 Å². The van der Waals surface area contributed by atoms with Crippen molar-refractivity contribution in [3.63, 3.8) is 0 Å². The first-order chi connectivity index (χ1) is 9.79. The molecule has 20 heavy (non-hydrogen) atoms. The van der Waals surface area contributed by atoms with Crippen molar-refractivity contribution in [2.75, 3.05) is 5.73 Å². The molecule has 0 saturated heterocycles. The predicted octanol–water partition coefficient (Wildman–Crippen LogP) is 3.46. The molecule has 0 radical (unpaired) electrons. The lowest BCUT2D eigenvalue weighted by Gasteiger charge is -2.10. The van der Waals surface area contributed by atoms with Crippen LogP contribution in [0.15, 0.2) is 18.2 Å². The van der Waals surface area contributed by atoms with Crippen molar-refractivity contribution in [2.24, 2.45) is 5.92 Å². The van der Waals surface area contributed by atoms with E-state index in [0.717, 1.165) is 29.9 Å². The van der Waals surface area contributed by atoms with Gasteiger partial charge in [0, 0.05) is 6.54 Å². The van der Waals surface area contributed by atoms with Crippen molar-refractivity contribution in [2.45, 2.75) is 45.1 Å². The first kappa shape index (κ1) is 13.0. The summed E-state index contributed by atoms with van der Waals surface area (Å²) in [5, 5.41) is 9.12. The molecule has 3 rings (SSSR count). The molecule has 0 atom stereocenters. The number of anilines is 1. The summed E-state index contributed by atoms with van der Waals surface area (Å²) in [6, 6.07) is 7.86. The average molecular weight is 268 g/mol. The van der Waals surface area contributed by atoms with E-state index in [0.29, 0.717) is 11.5 Å². The highest BCUT2D eigenvalue weighted by atomic mass is 15.1. The lowest BCUT2D eigenvalue weighted by Crippen LogP contribution is -2.05. The largest absolute Gasteiger partial charge is 0.369 e. The zero-order chi connectivity index (χ0) is 13.9. The molecule has 1 fully saturated rings. The number of benzene rings is 1.